The van der Waals surface area contributed by atoms with Gasteiger partial charge in [0.1, 0.15) is 0 Å². The Morgan fingerprint density at radius 3 is 2.00 bits per heavy atom. The third-order valence-corrected chi connectivity index (χ3v) is 4.43. The molecule has 24 heavy (non-hydrogen) atoms. The lowest BCUT2D eigenvalue weighted by Gasteiger charge is -2.13. The van der Waals surface area contributed by atoms with E-state index >= 15 is 0 Å². The van der Waals surface area contributed by atoms with E-state index in [2.05, 4.69) is 22.8 Å². The largest absolute Gasteiger partial charge is 0.326 e. The normalized spacial score (nSPS) is 18.8. The smallest absolute Gasteiger partial charge is 0.228 e. The van der Waals surface area contributed by atoms with Crippen LogP contribution < -0.4 is 10.6 Å². The number of carbonyl (C=O) groups is 2. The molecule has 1 saturated carbocycles. The summed E-state index contributed by atoms with van der Waals surface area (Å²) in [7, 11) is 0. The summed E-state index contributed by atoms with van der Waals surface area (Å²) >= 11 is 0. The highest BCUT2D eigenvalue weighted by molar-refractivity contribution is 6.03. The Bertz CT molecular complexity index is 760. The summed E-state index contributed by atoms with van der Waals surface area (Å²) in [6, 6.07) is 13.4. The molecule has 2 unspecified atom stereocenters. The van der Waals surface area contributed by atoms with E-state index in [1.807, 2.05) is 51.1 Å². The number of hydrogen-bond acceptors (Lipinski definition) is 2. The van der Waals surface area contributed by atoms with Crippen molar-refractivity contribution >= 4 is 23.2 Å². The molecule has 2 aromatic rings. The SMILES string of the molecule is Cc1cc(C)c(NC(=O)C2CC2C(=O)Nc2ccccc2)c(C)c1. The lowest BCUT2D eigenvalue weighted by Crippen LogP contribution is -2.21. The van der Waals surface area contributed by atoms with Crippen molar-refractivity contribution in [3.8, 4) is 0 Å². The van der Waals surface area contributed by atoms with Crippen LogP contribution in [-0.4, -0.2) is 11.8 Å². The highest BCUT2D eigenvalue weighted by Gasteiger charge is 2.48. The van der Waals surface area contributed by atoms with E-state index in [0.29, 0.717) is 6.42 Å². The van der Waals surface area contributed by atoms with Gasteiger partial charge in [-0.05, 0) is 50.5 Å². The molecular weight excluding hydrogens is 300 g/mol. The molecule has 0 aromatic heterocycles. The van der Waals surface area contributed by atoms with Gasteiger partial charge >= 0.3 is 0 Å². The lowest BCUT2D eigenvalue weighted by atomic mass is 10.0. The van der Waals surface area contributed by atoms with Gasteiger partial charge in [0.25, 0.3) is 0 Å². The first-order valence-electron chi connectivity index (χ1n) is 8.20. The molecule has 0 aliphatic heterocycles. The Balaban J connectivity index is 1.61. The Morgan fingerprint density at radius 1 is 0.875 bits per heavy atom. The number of amides is 2. The van der Waals surface area contributed by atoms with Gasteiger partial charge in [-0.1, -0.05) is 35.9 Å². The van der Waals surface area contributed by atoms with E-state index in [0.717, 1.165) is 22.5 Å². The Hall–Kier alpha value is -2.62. The zero-order chi connectivity index (χ0) is 17.3. The summed E-state index contributed by atoms with van der Waals surface area (Å²) in [5, 5.41) is 5.86. The van der Waals surface area contributed by atoms with Crippen LogP contribution in [0.2, 0.25) is 0 Å². The molecule has 2 amide bonds. The molecule has 0 heterocycles. The van der Waals surface area contributed by atoms with Gasteiger partial charge < -0.3 is 10.6 Å². The van der Waals surface area contributed by atoms with E-state index in [1.54, 1.807) is 0 Å². The standard InChI is InChI=1S/C20H22N2O2/c1-12-9-13(2)18(14(3)10-12)22-20(24)17-11-16(17)19(23)21-15-7-5-4-6-8-15/h4-10,16-17H,11H2,1-3H3,(H,21,23)(H,22,24). The van der Waals surface area contributed by atoms with Crippen LogP contribution in [0.15, 0.2) is 42.5 Å². The molecular formula is C20H22N2O2. The first-order chi connectivity index (χ1) is 11.5. The maximum absolute atomic E-state index is 12.4. The molecule has 1 aliphatic rings. The molecule has 1 aliphatic carbocycles. The number of hydrogen-bond donors (Lipinski definition) is 2. The highest BCUT2D eigenvalue weighted by atomic mass is 16.2. The van der Waals surface area contributed by atoms with E-state index in [9.17, 15) is 9.59 Å². The first-order valence-corrected chi connectivity index (χ1v) is 8.20. The molecule has 2 aromatic carbocycles. The molecule has 0 spiro atoms. The number of carbonyl (C=O) groups excluding carboxylic acids is 2. The minimum atomic E-state index is -0.242. The van der Waals surface area contributed by atoms with Crippen molar-refractivity contribution < 1.29 is 9.59 Å². The molecule has 4 heteroatoms. The maximum Gasteiger partial charge on any atom is 0.228 e. The van der Waals surface area contributed by atoms with Crippen molar-refractivity contribution in [2.45, 2.75) is 27.2 Å². The number of aryl methyl sites for hydroxylation is 3. The average molecular weight is 322 g/mol. The molecule has 0 radical (unpaired) electrons. The van der Waals surface area contributed by atoms with Crippen molar-refractivity contribution in [1.82, 2.24) is 0 Å². The molecule has 0 saturated heterocycles. The number of para-hydroxylation sites is 1. The average Bonchev–Trinajstić information content (AvgIpc) is 3.32. The monoisotopic (exact) mass is 322 g/mol. The van der Waals surface area contributed by atoms with E-state index < -0.39 is 0 Å². The number of anilines is 2. The zero-order valence-electron chi connectivity index (χ0n) is 14.2. The summed E-state index contributed by atoms with van der Waals surface area (Å²) in [6.45, 7) is 6.01. The number of nitrogens with one attached hydrogen (secondary N) is 2. The third kappa shape index (κ3) is 3.48. The van der Waals surface area contributed by atoms with Crippen molar-refractivity contribution in [3.63, 3.8) is 0 Å². The van der Waals surface area contributed by atoms with Gasteiger partial charge in [-0.2, -0.15) is 0 Å². The van der Waals surface area contributed by atoms with E-state index in [-0.39, 0.29) is 23.7 Å². The molecule has 2 atom stereocenters. The van der Waals surface area contributed by atoms with E-state index in [4.69, 9.17) is 0 Å². The minimum Gasteiger partial charge on any atom is -0.326 e. The fourth-order valence-corrected chi connectivity index (χ4v) is 3.12. The van der Waals surface area contributed by atoms with Crippen LogP contribution in [0, 0.1) is 32.6 Å². The van der Waals surface area contributed by atoms with Crippen LogP contribution in [0.4, 0.5) is 11.4 Å². The fourth-order valence-electron chi connectivity index (χ4n) is 3.12. The van der Waals surface area contributed by atoms with Crippen LogP contribution in [-0.2, 0) is 9.59 Å². The van der Waals surface area contributed by atoms with Gasteiger partial charge in [-0.3, -0.25) is 9.59 Å². The van der Waals surface area contributed by atoms with Gasteiger partial charge in [0.2, 0.25) is 11.8 Å². The van der Waals surface area contributed by atoms with Crippen LogP contribution in [0.5, 0.6) is 0 Å². The minimum absolute atomic E-state index is 0.0711. The second-order valence-corrected chi connectivity index (χ2v) is 6.57. The summed E-state index contributed by atoms with van der Waals surface area (Å²) in [6.07, 6.45) is 0.606. The van der Waals surface area contributed by atoms with Gasteiger partial charge in [-0.25, -0.2) is 0 Å². The lowest BCUT2D eigenvalue weighted by molar-refractivity contribution is -0.122. The highest BCUT2D eigenvalue weighted by Crippen LogP contribution is 2.40. The zero-order valence-corrected chi connectivity index (χ0v) is 14.2. The predicted octanol–water partition coefficient (Wildman–Crippen LogP) is 3.83. The second kappa shape index (κ2) is 6.48. The third-order valence-electron chi connectivity index (χ3n) is 4.43. The Morgan fingerprint density at radius 2 is 1.42 bits per heavy atom. The van der Waals surface area contributed by atoms with Gasteiger partial charge in [-0.15, -0.1) is 0 Å². The molecule has 0 bridgehead atoms. The summed E-state index contributed by atoms with van der Waals surface area (Å²) in [5.74, 6) is -0.637. The van der Waals surface area contributed by atoms with Crippen molar-refractivity contribution in [3.05, 3.63) is 59.2 Å². The number of benzene rings is 2. The maximum atomic E-state index is 12.4. The van der Waals surface area contributed by atoms with Gasteiger partial charge in [0, 0.05) is 11.4 Å². The van der Waals surface area contributed by atoms with Crippen LogP contribution in [0.3, 0.4) is 0 Å². The molecule has 3 rings (SSSR count). The fraction of sp³-hybridized carbons (Fsp3) is 0.300. The first kappa shape index (κ1) is 16.2. The van der Waals surface area contributed by atoms with Gasteiger partial charge in [0.15, 0.2) is 0 Å². The van der Waals surface area contributed by atoms with Crippen LogP contribution in [0.1, 0.15) is 23.1 Å². The topological polar surface area (TPSA) is 58.2 Å². The molecule has 1 fully saturated rings. The quantitative estimate of drug-likeness (QED) is 0.899. The van der Waals surface area contributed by atoms with Gasteiger partial charge in [0.05, 0.1) is 11.8 Å². The second-order valence-electron chi connectivity index (χ2n) is 6.57. The summed E-state index contributed by atoms with van der Waals surface area (Å²) in [4.78, 5) is 24.7. The summed E-state index contributed by atoms with van der Waals surface area (Å²) < 4.78 is 0. The van der Waals surface area contributed by atoms with Crippen LogP contribution >= 0.6 is 0 Å². The van der Waals surface area contributed by atoms with Crippen LogP contribution in [0.25, 0.3) is 0 Å². The Kier molecular flexibility index (Phi) is 4.38. The van der Waals surface area contributed by atoms with Crippen molar-refractivity contribution in [1.29, 1.82) is 0 Å². The summed E-state index contributed by atoms with van der Waals surface area (Å²) in [5.41, 5.74) is 4.90. The van der Waals surface area contributed by atoms with E-state index in [1.165, 1.54) is 5.56 Å². The molecule has 4 nitrogen and oxygen atoms in total. The van der Waals surface area contributed by atoms with Crippen molar-refractivity contribution in [2.75, 3.05) is 10.6 Å². The Labute approximate surface area is 142 Å². The molecule has 2 N–H and O–H groups in total. The van der Waals surface area contributed by atoms with Crippen molar-refractivity contribution in [2.24, 2.45) is 11.8 Å². The predicted molar refractivity (Wildman–Crippen MR) is 96.0 cm³/mol. The number of rotatable bonds is 4. The molecule has 124 valence electrons.